The van der Waals surface area contributed by atoms with Crippen molar-refractivity contribution in [1.29, 1.82) is 0 Å². The van der Waals surface area contributed by atoms with Gasteiger partial charge < -0.3 is 20.2 Å². The van der Waals surface area contributed by atoms with Crippen molar-refractivity contribution >= 4 is 11.9 Å². The average molecular weight is 331 g/mol. The molecule has 2 N–H and O–H groups in total. The van der Waals surface area contributed by atoms with Crippen LogP contribution in [0.3, 0.4) is 0 Å². The summed E-state index contributed by atoms with van der Waals surface area (Å²) in [7, 11) is 1.82. The molecular weight excluding hydrogens is 306 g/mol. The van der Waals surface area contributed by atoms with Gasteiger partial charge in [0.25, 0.3) is 5.91 Å². The number of likely N-dealkylation sites (N-methyl/N-ethyl adjacent to an activating group) is 1. The summed E-state index contributed by atoms with van der Waals surface area (Å²) in [5.74, 6) is 0.205. The average Bonchev–Trinajstić information content (AvgIpc) is 2.83. The molecule has 6 heteroatoms. The quantitative estimate of drug-likeness (QED) is 0.872. The van der Waals surface area contributed by atoms with Gasteiger partial charge in [-0.15, -0.1) is 0 Å². The smallest absolute Gasteiger partial charge is 0.317 e. The number of nitrogens with zero attached hydrogens (tertiary/aromatic N) is 2. The third kappa shape index (κ3) is 2.70. The Morgan fingerprint density at radius 1 is 1.29 bits per heavy atom. The number of amides is 3. The third-order valence-corrected chi connectivity index (χ3v) is 5.49. The fraction of sp³-hybridized carbons (Fsp3) is 0.556. The van der Waals surface area contributed by atoms with Gasteiger partial charge in [-0.2, -0.15) is 0 Å². The van der Waals surface area contributed by atoms with Gasteiger partial charge in [0, 0.05) is 26.7 Å². The van der Waals surface area contributed by atoms with E-state index in [2.05, 4.69) is 5.32 Å². The number of phenols is 1. The number of carbonyl (C=O) groups excluding carboxylic acids is 2. The molecule has 3 amide bonds. The standard InChI is InChI=1S/C18H25N3O3/c1-12(2)13-4-5-14(15(22)10-13)16(23)21-8-6-18(7-9-21)11-19-17(24)20(18)3/h4-5,10,12,22H,6-9,11H2,1-3H3,(H,19,24). The largest absolute Gasteiger partial charge is 0.507 e. The summed E-state index contributed by atoms with van der Waals surface area (Å²) in [5, 5.41) is 13.1. The van der Waals surface area contributed by atoms with E-state index < -0.39 is 0 Å². The van der Waals surface area contributed by atoms with E-state index in [0.29, 0.717) is 31.1 Å². The summed E-state index contributed by atoms with van der Waals surface area (Å²) in [4.78, 5) is 28.0. The first-order valence-corrected chi connectivity index (χ1v) is 8.48. The summed E-state index contributed by atoms with van der Waals surface area (Å²) in [6.45, 7) is 5.91. The van der Waals surface area contributed by atoms with Crippen LogP contribution >= 0.6 is 0 Å². The molecule has 2 aliphatic rings. The Labute approximate surface area is 142 Å². The number of rotatable bonds is 2. The Morgan fingerprint density at radius 2 is 1.96 bits per heavy atom. The highest BCUT2D eigenvalue weighted by Crippen LogP contribution is 2.32. The van der Waals surface area contributed by atoms with E-state index in [1.54, 1.807) is 21.9 Å². The van der Waals surface area contributed by atoms with Gasteiger partial charge in [0.1, 0.15) is 5.75 Å². The molecule has 1 aromatic carbocycles. The van der Waals surface area contributed by atoms with E-state index in [9.17, 15) is 14.7 Å². The van der Waals surface area contributed by atoms with Crippen molar-refractivity contribution in [2.45, 2.75) is 38.1 Å². The van der Waals surface area contributed by atoms with Gasteiger partial charge in [-0.05, 0) is 36.5 Å². The molecule has 3 rings (SSSR count). The Kier molecular flexibility index (Phi) is 4.15. The van der Waals surface area contributed by atoms with E-state index in [4.69, 9.17) is 0 Å². The fourth-order valence-electron chi connectivity index (χ4n) is 3.59. The molecule has 0 aliphatic carbocycles. The first kappa shape index (κ1) is 16.6. The number of carbonyl (C=O) groups is 2. The van der Waals surface area contributed by atoms with Crippen molar-refractivity contribution in [2.75, 3.05) is 26.7 Å². The summed E-state index contributed by atoms with van der Waals surface area (Å²) in [6, 6.07) is 5.24. The van der Waals surface area contributed by atoms with Crippen LogP contribution in [0.1, 0.15) is 48.5 Å². The predicted octanol–water partition coefficient (Wildman–Crippen LogP) is 2.15. The molecule has 130 valence electrons. The van der Waals surface area contributed by atoms with Gasteiger partial charge in [-0.3, -0.25) is 4.79 Å². The topological polar surface area (TPSA) is 72.9 Å². The zero-order chi connectivity index (χ0) is 17.5. The normalized spacial score (nSPS) is 19.9. The first-order valence-electron chi connectivity index (χ1n) is 8.48. The van der Waals surface area contributed by atoms with Gasteiger partial charge >= 0.3 is 6.03 Å². The number of hydrogen-bond acceptors (Lipinski definition) is 3. The molecule has 0 unspecified atom stereocenters. The molecular formula is C18H25N3O3. The number of hydrogen-bond donors (Lipinski definition) is 2. The maximum absolute atomic E-state index is 12.7. The number of nitrogens with one attached hydrogen (secondary N) is 1. The van der Waals surface area contributed by atoms with E-state index in [-0.39, 0.29) is 23.2 Å². The SMILES string of the molecule is CC(C)c1ccc(C(=O)N2CCC3(CC2)CNC(=O)N3C)c(O)c1. The second-order valence-corrected chi connectivity index (χ2v) is 7.17. The van der Waals surface area contributed by atoms with Crippen molar-refractivity contribution in [3.63, 3.8) is 0 Å². The number of piperidine rings is 1. The predicted molar refractivity (Wildman–Crippen MR) is 91.2 cm³/mol. The lowest BCUT2D eigenvalue weighted by molar-refractivity contribution is 0.0563. The Hall–Kier alpha value is -2.24. The van der Waals surface area contributed by atoms with Crippen LogP contribution in [0.2, 0.25) is 0 Å². The van der Waals surface area contributed by atoms with Gasteiger partial charge in [0.2, 0.25) is 0 Å². The van der Waals surface area contributed by atoms with Crippen LogP contribution in [-0.2, 0) is 0 Å². The Bertz CT molecular complexity index is 663. The minimum absolute atomic E-state index is 0.0429. The number of aromatic hydroxyl groups is 1. The van der Waals surface area contributed by atoms with Crippen molar-refractivity contribution in [2.24, 2.45) is 0 Å². The maximum atomic E-state index is 12.7. The van der Waals surface area contributed by atoms with Crippen LogP contribution in [0.4, 0.5) is 4.79 Å². The van der Waals surface area contributed by atoms with E-state index >= 15 is 0 Å². The zero-order valence-corrected chi connectivity index (χ0v) is 14.5. The first-order chi connectivity index (χ1) is 11.3. The molecule has 0 atom stereocenters. The molecule has 2 heterocycles. The number of likely N-dealkylation sites (tertiary alicyclic amines) is 1. The Balaban J connectivity index is 1.71. The molecule has 2 saturated heterocycles. The Morgan fingerprint density at radius 3 is 2.46 bits per heavy atom. The molecule has 2 aliphatic heterocycles. The summed E-state index contributed by atoms with van der Waals surface area (Å²) < 4.78 is 0. The minimum Gasteiger partial charge on any atom is -0.507 e. The van der Waals surface area contributed by atoms with Gasteiger partial charge in [0.05, 0.1) is 11.1 Å². The second-order valence-electron chi connectivity index (χ2n) is 7.17. The number of urea groups is 1. The highest BCUT2D eigenvalue weighted by molar-refractivity contribution is 5.97. The van der Waals surface area contributed by atoms with Gasteiger partial charge in [0.15, 0.2) is 0 Å². The maximum Gasteiger partial charge on any atom is 0.317 e. The molecule has 2 fully saturated rings. The third-order valence-electron chi connectivity index (χ3n) is 5.49. The summed E-state index contributed by atoms with van der Waals surface area (Å²) in [6.07, 6.45) is 1.50. The lowest BCUT2D eigenvalue weighted by atomic mass is 9.87. The highest BCUT2D eigenvalue weighted by Gasteiger charge is 2.45. The van der Waals surface area contributed by atoms with Gasteiger partial charge in [-0.1, -0.05) is 19.9 Å². The summed E-state index contributed by atoms with van der Waals surface area (Å²) in [5.41, 5.74) is 1.18. The zero-order valence-electron chi connectivity index (χ0n) is 14.5. The van der Waals surface area contributed by atoms with Crippen LogP contribution < -0.4 is 5.32 Å². The van der Waals surface area contributed by atoms with Gasteiger partial charge in [-0.25, -0.2) is 4.79 Å². The van der Waals surface area contributed by atoms with Crippen LogP contribution in [0.15, 0.2) is 18.2 Å². The lowest BCUT2D eigenvalue weighted by Crippen LogP contribution is -2.54. The van der Waals surface area contributed by atoms with Crippen molar-refractivity contribution in [3.8, 4) is 5.75 Å². The van der Waals surface area contributed by atoms with Crippen LogP contribution in [0, 0.1) is 0 Å². The lowest BCUT2D eigenvalue weighted by Gasteiger charge is -2.42. The molecule has 0 bridgehead atoms. The molecule has 0 aromatic heterocycles. The highest BCUT2D eigenvalue weighted by atomic mass is 16.3. The second kappa shape index (κ2) is 6.00. The molecule has 1 spiro atoms. The molecule has 6 nitrogen and oxygen atoms in total. The van der Waals surface area contributed by atoms with Crippen molar-refractivity contribution in [1.82, 2.24) is 15.1 Å². The minimum atomic E-state index is -0.183. The van der Waals surface area contributed by atoms with Crippen molar-refractivity contribution < 1.29 is 14.7 Å². The van der Waals surface area contributed by atoms with Crippen LogP contribution in [0.25, 0.3) is 0 Å². The summed E-state index contributed by atoms with van der Waals surface area (Å²) >= 11 is 0. The van der Waals surface area contributed by atoms with Crippen LogP contribution in [0.5, 0.6) is 5.75 Å². The van der Waals surface area contributed by atoms with Crippen molar-refractivity contribution in [3.05, 3.63) is 29.3 Å². The van der Waals surface area contributed by atoms with E-state index in [0.717, 1.165) is 18.4 Å². The van der Waals surface area contributed by atoms with E-state index in [1.807, 2.05) is 27.0 Å². The molecule has 24 heavy (non-hydrogen) atoms. The number of phenolic OH excluding ortho intramolecular Hbond substituents is 1. The molecule has 1 aromatic rings. The molecule has 0 radical (unpaired) electrons. The molecule has 0 saturated carbocycles. The van der Waals surface area contributed by atoms with E-state index in [1.165, 1.54) is 0 Å². The monoisotopic (exact) mass is 331 g/mol. The van der Waals surface area contributed by atoms with Crippen LogP contribution in [-0.4, -0.2) is 59.1 Å². The number of benzene rings is 1. The fourth-order valence-corrected chi connectivity index (χ4v) is 3.59.